The van der Waals surface area contributed by atoms with E-state index in [4.69, 9.17) is 9.84 Å². The molecule has 0 spiro atoms. The molecule has 23 heavy (non-hydrogen) atoms. The van der Waals surface area contributed by atoms with E-state index in [1.807, 2.05) is 33.2 Å². The predicted octanol–water partition coefficient (Wildman–Crippen LogP) is 2.56. The molecule has 0 amide bonds. The fraction of sp³-hybridized carbons (Fsp3) is 0.647. The van der Waals surface area contributed by atoms with Gasteiger partial charge in [-0.2, -0.15) is 10.2 Å². The Hall–Kier alpha value is -1.66. The lowest BCUT2D eigenvalue weighted by molar-refractivity contribution is 0.144. The number of nitrogens with zero attached hydrogens (tertiary/aromatic N) is 3. The van der Waals surface area contributed by atoms with E-state index in [-0.39, 0.29) is 17.6 Å². The molecule has 0 saturated carbocycles. The minimum atomic E-state index is -0.283. The van der Waals surface area contributed by atoms with Gasteiger partial charge in [0.25, 0.3) is 0 Å². The maximum absolute atomic E-state index is 9.00. The maximum Gasteiger partial charge on any atom is 0.0801 e. The largest absolute Gasteiger partial charge is 0.394 e. The van der Waals surface area contributed by atoms with Crippen molar-refractivity contribution in [2.45, 2.75) is 52.5 Å². The lowest BCUT2D eigenvalue weighted by Gasteiger charge is -2.22. The Morgan fingerprint density at radius 1 is 1.22 bits per heavy atom. The van der Waals surface area contributed by atoms with Crippen molar-refractivity contribution in [2.24, 2.45) is 0 Å². The van der Waals surface area contributed by atoms with Crippen LogP contribution in [0.2, 0.25) is 0 Å². The molecule has 6 nitrogen and oxygen atoms in total. The summed E-state index contributed by atoms with van der Waals surface area (Å²) in [5.74, 6) is 0. The van der Waals surface area contributed by atoms with E-state index >= 15 is 0 Å². The minimum Gasteiger partial charge on any atom is -0.394 e. The number of aromatic amines is 1. The first kappa shape index (κ1) is 19.4. The van der Waals surface area contributed by atoms with Crippen molar-refractivity contribution in [3.05, 3.63) is 35.4 Å². The van der Waals surface area contributed by atoms with Gasteiger partial charge in [-0.05, 0) is 38.8 Å². The van der Waals surface area contributed by atoms with E-state index in [0.717, 1.165) is 11.3 Å². The lowest BCUT2D eigenvalue weighted by Crippen LogP contribution is -2.30. The van der Waals surface area contributed by atoms with Gasteiger partial charge in [-0.25, -0.2) is 0 Å². The quantitative estimate of drug-likeness (QED) is 0.887. The molecule has 0 saturated heterocycles. The number of hydrogen-bond acceptors (Lipinski definition) is 4. The normalized spacial score (nSPS) is 12.0. The Kier molecular flexibility index (Phi) is 6.53. The molecule has 130 valence electrons. The maximum atomic E-state index is 9.00. The minimum absolute atomic E-state index is 0.0231. The average molecular weight is 322 g/mol. The molecule has 0 atom stereocenters. The van der Waals surface area contributed by atoms with Crippen molar-refractivity contribution in [3.8, 4) is 0 Å². The zero-order chi connectivity index (χ0) is 17.7. The fourth-order valence-corrected chi connectivity index (χ4v) is 2.28. The zero-order valence-corrected chi connectivity index (χ0v) is 15.3. The number of aliphatic hydroxyl groups excluding tert-OH is 1. The highest BCUT2D eigenvalue weighted by Gasteiger charge is 2.23. The third-order valence-corrected chi connectivity index (χ3v) is 3.73. The van der Waals surface area contributed by atoms with E-state index in [1.54, 1.807) is 18.0 Å². The fourth-order valence-electron chi connectivity index (χ4n) is 2.28. The molecule has 2 N–H and O–H groups in total. The number of nitrogens with one attached hydrogen (secondary N) is 1. The van der Waals surface area contributed by atoms with Gasteiger partial charge < -0.3 is 9.84 Å². The van der Waals surface area contributed by atoms with Crippen molar-refractivity contribution >= 4 is 0 Å². The Labute approximate surface area is 138 Å². The number of methoxy groups -OCH3 is 1. The van der Waals surface area contributed by atoms with Crippen LogP contribution in [-0.4, -0.2) is 45.4 Å². The summed E-state index contributed by atoms with van der Waals surface area (Å²) in [5, 5.41) is 20.1. The van der Waals surface area contributed by atoms with Gasteiger partial charge in [0.1, 0.15) is 0 Å². The van der Waals surface area contributed by atoms with E-state index in [1.165, 1.54) is 5.56 Å². The van der Waals surface area contributed by atoms with Crippen LogP contribution in [-0.2, 0) is 15.7 Å². The molecule has 0 aromatic carbocycles. The van der Waals surface area contributed by atoms with Crippen molar-refractivity contribution in [1.82, 2.24) is 20.0 Å². The van der Waals surface area contributed by atoms with Gasteiger partial charge in [-0.3, -0.25) is 9.78 Å². The zero-order valence-electron chi connectivity index (χ0n) is 15.3. The number of H-pyrrole nitrogens is 1. The second-order valence-electron chi connectivity index (χ2n) is 7.18. The standard InChI is InChI=1S/C9H16N2O.C8H14N2O/c1-7-5-10-11-8(7)9(2,3)6-12-4;1-7-4-9-10(5-7)8(2,3)6-11/h5H,6H2,1-4H3,(H,10,11);4-5,11H,6H2,1-3H3. The molecule has 0 aliphatic heterocycles. The molecule has 0 radical (unpaired) electrons. The molecule has 0 aliphatic carbocycles. The molecule has 0 aliphatic rings. The molecule has 0 fully saturated rings. The summed E-state index contributed by atoms with van der Waals surface area (Å²) < 4.78 is 6.92. The molecule has 0 unspecified atom stereocenters. The van der Waals surface area contributed by atoms with E-state index in [9.17, 15) is 0 Å². The SMILES string of the molecule is COCC(C)(C)c1[nH]ncc1C.Cc1cnn(C(C)(C)CO)c1. The molecule has 0 bridgehead atoms. The number of hydrogen-bond donors (Lipinski definition) is 2. The summed E-state index contributed by atoms with van der Waals surface area (Å²) in [7, 11) is 1.72. The lowest BCUT2D eigenvalue weighted by atomic mass is 9.88. The highest BCUT2D eigenvalue weighted by Crippen LogP contribution is 2.23. The molecular formula is C17H30N4O2. The van der Waals surface area contributed by atoms with Crippen LogP contribution in [0.15, 0.2) is 18.6 Å². The summed E-state index contributed by atoms with van der Waals surface area (Å²) in [6.45, 7) is 13.0. The third-order valence-electron chi connectivity index (χ3n) is 3.73. The highest BCUT2D eigenvalue weighted by atomic mass is 16.5. The number of aryl methyl sites for hydroxylation is 2. The second-order valence-corrected chi connectivity index (χ2v) is 7.18. The Bertz CT molecular complexity index is 599. The summed E-state index contributed by atoms with van der Waals surface area (Å²) >= 11 is 0. The molecule has 2 heterocycles. The van der Waals surface area contributed by atoms with Gasteiger partial charge in [0.05, 0.1) is 31.1 Å². The summed E-state index contributed by atoms with van der Waals surface area (Å²) in [4.78, 5) is 0. The topological polar surface area (TPSA) is 76.0 Å². The van der Waals surface area contributed by atoms with Crippen molar-refractivity contribution in [1.29, 1.82) is 0 Å². The van der Waals surface area contributed by atoms with Gasteiger partial charge in [0.2, 0.25) is 0 Å². The number of aliphatic hydroxyl groups is 1. The van der Waals surface area contributed by atoms with Gasteiger partial charge in [-0.1, -0.05) is 13.8 Å². The van der Waals surface area contributed by atoms with E-state index < -0.39 is 0 Å². The van der Waals surface area contributed by atoms with E-state index in [0.29, 0.717) is 6.61 Å². The van der Waals surface area contributed by atoms with Crippen LogP contribution < -0.4 is 0 Å². The Morgan fingerprint density at radius 3 is 2.26 bits per heavy atom. The summed E-state index contributed by atoms with van der Waals surface area (Å²) in [6.07, 6.45) is 5.56. The van der Waals surface area contributed by atoms with E-state index in [2.05, 4.69) is 36.1 Å². The van der Waals surface area contributed by atoms with Crippen molar-refractivity contribution < 1.29 is 9.84 Å². The van der Waals surface area contributed by atoms with Crippen LogP contribution in [0.25, 0.3) is 0 Å². The van der Waals surface area contributed by atoms with Crippen LogP contribution in [0.5, 0.6) is 0 Å². The number of ether oxygens (including phenoxy) is 1. The first-order chi connectivity index (χ1) is 10.6. The Balaban J connectivity index is 0.000000231. The van der Waals surface area contributed by atoms with Crippen LogP contribution in [0, 0.1) is 13.8 Å². The van der Waals surface area contributed by atoms with Gasteiger partial charge in [-0.15, -0.1) is 0 Å². The van der Waals surface area contributed by atoms with Crippen molar-refractivity contribution in [2.75, 3.05) is 20.3 Å². The van der Waals surface area contributed by atoms with Crippen LogP contribution in [0.4, 0.5) is 0 Å². The summed E-state index contributed by atoms with van der Waals surface area (Å²) in [5.41, 5.74) is 3.21. The predicted molar refractivity (Wildman–Crippen MR) is 91.6 cm³/mol. The van der Waals surface area contributed by atoms with Crippen LogP contribution in [0.3, 0.4) is 0 Å². The van der Waals surface area contributed by atoms with Crippen LogP contribution in [0.1, 0.15) is 44.5 Å². The average Bonchev–Trinajstić information content (AvgIpc) is 3.08. The first-order valence-electron chi connectivity index (χ1n) is 7.76. The van der Waals surface area contributed by atoms with Crippen LogP contribution >= 0.6 is 0 Å². The smallest absolute Gasteiger partial charge is 0.0801 e. The number of rotatable bonds is 5. The van der Waals surface area contributed by atoms with Gasteiger partial charge in [0, 0.05) is 24.4 Å². The highest BCUT2D eigenvalue weighted by molar-refractivity contribution is 5.22. The monoisotopic (exact) mass is 322 g/mol. The van der Waals surface area contributed by atoms with Gasteiger partial charge >= 0.3 is 0 Å². The summed E-state index contributed by atoms with van der Waals surface area (Å²) in [6, 6.07) is 0. The number of aromatic nitrogens is 4. The molecular weight excluding hydrogens is 292 g/mol. The first-order valence-corrected chi connectivity index (χ1v) is 7.76. The van der Waals surface area contributed by atoms with Crippen molar-refractivity contribution in [3.63, 3.8) is 0 Å². The second kappa shape index (κ2) is 7.75. The third kappa shape index (κ3) is 5.18. The Morgan fingerprint density at radius 2 is 1.87 bits per heavy atom. The molecule has 2 rings (SSSR count). The molecule has 2 aromatic heterocycles. The van der Waals surface area contributed by atoms with Gasteiger partial charge in [0.15, 0.2) is 0 Å². The molecule has 2 aromatic rings. The molecule has 6 heteroatoms.